The summed E-state index contributed by atoms with van der Waals surface area (Å²) in [4.78, 5) is 23.4. The van der Waals surface area contributed by atoms with Crippen molar-refractivity contribution in [3.63, 3.8) is 0 Å². The molecule has 0 radical (unpaired) electrons. The van der Waals surface area contributed by atoms with Gasteiger partial charge in [-0.1, -0.05) is 23.7 Å². The highest BCUT2D eigenvalue weighted by Gasteiger charge is 2.34. The van der Waals surface area contributed by atoms with E-state index in [1.165, 1.54) is 5.01 Å². The first-order valence-corrected chi connectivity index (χ1v) is 12.6. The number of hydrogen-bond donors (Lipinski definition) is 0. The van der Waals surface area contributed by atoms with E-state index in [0.717, 1.165) is 16.7 Å². The molecule has 2 heterocycles. The van der Waals surface area contributed by atoms with E-state index < -0.39 is 0 Å². The number of carbonyl (C=O) groups excluding carboxylic acids is 1. The van der Waals surface area contributed by atoms with Gasteiger partial charge in [0.2, 0.25) is 5.28 Å². The van der Waals surface area contributed by atoms with Gasteiger partial charge < -0.3 is 19.5 Å². The number of aromatic nitrogens is 1. The van der Waals surface area contributed by atoms with Crippen molar-refractivity contribution in [3.8, 4) is 5.75 Å². The third kappa shape index (κ3) is 5.73. The molecule has 1 fully saturated rings. The van der Waals surface area contributed by atoms with Crippen molar-refractivity contribution in [2.75, 3.05) is 7.05 Å². The summed E-state index contributed by atoms with van der Waals surface area (Å²) in [5.41, 5.74) is 2.99. The van der Waals surface area contributed by atoms with Crippen LogP contribution >= 0.6 is 11.6 Å². The third-order valence-electron chi connectivity index (χ3n) is 6.90. The minimum absolute atomic E-state index is 0.211. The van der Waals surface area contributed by atoms with Crippen molar-refractivity contribution in [2.24, 2.45) is 11.2 Å². The quantitative estimate of drug-likeness (QED) is 0.211. The highest BCUT2D eigenvalue weighted by atomic mass is 35.5. The standard InChI is InChI=1S/C26H33ClN4O5/c1-16-23(22-15-34-24(21(22)14-28-16)17-6-10-19(27)11-7-17)35-25(32)18-8-12-20(13-9-18)36-29-31(33)30(5)26(2,3)4/h6-7,10-11,14,18,20,24H,8-9,12-13,15H2,1-5H3/t18?,20?,24-/m0/s1. The van der Waals surface area contributed by atoms with Gasteiger partial charge in [-0.15, -0.1) is 5.01 Å². The van der Waals surface area contributed by atoms with E-state index in [-0.39, 0.29) is 29.6 Å². The van der Waals surface area contributed by atoms with Crippen LogP contribution in [0.2, 0.25) is 5.02 Å². The molecule has 9 nitrogen and oxygen atoms in total. The summed E-state index contributed by atoms with van der Waals surface area (Å²) in [5.74, 6) is -0.0545. The number of ether oxygens (including phenoxy) is 2. The zero-order chi connectivity index (χ0) is 26.0. The minimum Gasteiger partial charge on any atom is -0.569 e. The Morgan fingerprint density at radius 2 is 1.89 bits per heavy atom. The van der Waals surface area contributed by atoms with Crippen LogP contribution in [0.3, 0.4) is 0 Å². The summed E-state index contributed by atoms with van der Waals surface area (Å²) in [6.45, 7) is 7.90. The molecule has 4 rings (SSSR count). The number of hydrogen-bond acceptors (Lipinski definition) is 7. The van der Waals surface area contributed by atoms with Crippen LogP contribution in [0.15, 0.2) is 35.7 Å². The number of benzene rings is 1. The Morgan fingerprint density at radius 3 is 2.53 bits per heavy atom. The maximum atomic E-state index is 13.0. The molecule has 0 bridgehead atoms. The van der Waals surface area contributed by atoms with Gasteiger partial charge in [-0.05, 0) is 71.1 Å². The fraction of sp³-hybridized carbons (Fsp3) is 0.538. The molecule has 1 atom stereocenters. The Bertz CT molecular complexity index is 1120. The van der Waals surface area contributed by atoms with Gasteiger partial charge in [0.25, 0.3) is 0 Å². The molecule has 0 unspecified atom stereocenters. The van der Waals surface area contributed by atoms with Gasteiger partial charge in [-0.3, -0.25) is 9.78 Å². The molecule has 1 aliphatic heterocycles. The Kier molecular flexibility index (Phi) is 7.70. The monoisotopic (exact) mass is 516 g/mol. The van der Waals surface area contributed by atoms with Gasteiger partial charge in [-0.25, -0.2) is 0 Å². The summed E-state index contributed by atoms with van der Waals surface area (Å²) >= 11 is 6.02. The molecule has 1 aromatic carbocycles. The first-order valence-electron chi connectivity index (χ1n) is 12.2. The van der Waals surface area contributed by atoms with Crippen LogP contribution in [0.4, 0.5) is 0 Å². The highest BCUT2D eigenvalue weighted by molar-refractivity contribution is 6.30. The van der Waals surface area contributed by atoms with Gasteiger partial charge in [0.15, 0.2) is 5.75 Å². The van der Waals surface area contributed by atoms with Crippen LogP contribution < -0.4 is 4.74 Å². The zero-order valence-electron chi connectivity index (χ0n) is 21.4. The van der Waals surface area contributed by atoms with Gasteiger partial charge in [0.05, 0.1) is 35.8 Å². The predicted molar refractivity (Wildman–Crippen MR) is 133 cm³/mol. The summed E-state index contributed by atoms with van der Waals surface area (Å²) in [5, 5.41) is 17.9. The maximum absolute atomic E-state index is 13.0. The fourth-order valence-electron chi connectivity index (χ4n) is 4.34. The van der Waals surface area contributed by atoms with E-state index in [9.17, 15) is 10.0 Å². The lowest BCUT2D eigenvalue weighted by Gasteiger charge is -2.28. The summed E-state index contributed by atoms with van der Waals surface area (Å²) in [6, 6.07) is 7.50. The van der Waals surface area contributed by atoms with Crippen molar-refractivity contribution < 1.29 is 24.1 Å². The molecule has 0 spiro atoms. The Morgan fingerprint density at radius 1 is 1.22 bits per heavy atom. The normalized spacial score (nSPS) is 22.2. The Balaban J connectivity index is 1.37. The summed E-state index contributed by atoms with van der Waals surface area (Å²) < 4.78 is 11.9. The Hall–Kier alpha value is -2.91. The van der Waals surface area contributed by atoms with Crippen molar-refractivity contribution >= 4 is 17.6 Å². The summed E-state index contributed by atoms with van der Waals surface area (Å²) in [6.07, 6.45) is 3.71. The van der Waals surface area contributed by atoms with Crippen molar-refractivity contribution in [3.05, 3.63) is 63.1 Å². The topological polar surface area (TPSA) is 99.3 Å². The number of halogens is 1. The average molecular weight is 517 g/mol. The highest BCUT2D eigenvalue weighted by Crippen LogP contribution is 2.41. The molecule has 36 heavy (non-hydrogen) atoms. The largest absolute Gasteiger partial charge is 0.569 e. The van der Waals surface area contributed by atoms with Crippen LogP contribution in [-0.2, 0) is 21.0 Å². The zero-order valence-corrected chi connectivity index (χ0v) is 22.1. The number of esters is 1. The first kappa shape index (κ1) is 26.2. The van der Waals surface area contributed by atoms with Gasteiger partial charge in [-0.2, -0.15) is 0 Å². The van der Waals surface area contributed by atoms with E-state index in [2.05, 4.69) is 10.3 Å². The number of pyridine rings is 1. The molecule has 194 valence electrons. The molecular formula is C26H33ClN4O5. The number of rotatable bonds is 6. The van der Waals surface area contributed by atoms with Gasteiger partial charge in [0.1, 0.15) is 12.2 Å². The van der Waals surface area contributed by atoms with E-state index in [4.69, 9.17) is 25.9 Å². The van der Waals surface area contributed by atoms with Crippen LogP contribution in [0.5, 0.6) is 5.75 Å². The average Bonchev–Trinajstić information content (AvgIpc) is 3.28. The summed E-state index contributed by atoms with van der Waals surface area (Å²) in [7, 11) is 1.66. The second-order valence-corrected chi connectivity index (χ2v) is 10.8. The fourth-order valence-corrected chi connectivity index (χ4v) is 4.46. The molecule has 1 saturated carbocycles. The molecule has 0 saturated heterocycles. The second-order valence-electron chi connectivity index (χ2n) is 10.4. The minimum atomic E-state index is -0.374. The van der Waals surface area contributed by atoms with Gasteiger partial charge >= 0.3 is 5.97 Å². The lowest BCUT2D eigenvalue weighted by Crippen LogP contribution is -2.42. The molecule has 2 aliphatic rings. The molecule has 0 amide bonds. The molecular weight excluding hydrogens is 484 g/mol. The predicted octanol–water partition coefficient (Wildman–Crippen LogP) is 5.67. The van der Waals surface area contributed by atoms with Crippen molar-refractivity contribution in [2.45, 2.75) is 77.7 Å². The van der Waals surface area contributed by atoms with Crippen LogP contribution in [0.1, 0.15) is 74.9 Å². The smallest absolute Gasteiger partial charge is 0.314 e. The van der Waals surface area contributed by atoms with Crippen molar-refractivity contribution in [1.82, 2.24) is 9.99 Å². The number of nitrogens with zero attached hydrogens (tertiary/aromatic N) is 4. The molecule has 1 aromatic heterocycles. The maximum Gasteiger partial charge on any atom is 0.314 e. The molecule has 10 heteroatoms. The number of carbonyl (C=O) groups is 1. The lowest BCUT2D eigenvalue weighted by atomic mass is 9.87. The van der Waals surface area contributed by atoms with E-state index in [1.807, 2.05) is 52.0 Å². The van der Waals surface area contributed by atoms with E-state index in [1.54, 1.807) is 13.2 Å². The SMILES string of the molecule is Cc1ncc2c(c1OC(=O)C1CCC(ON=[N+]([O-])N(C)C(C)(C)C)CC1)CO[C@H]2c1ccc(Cl)cc1. The van der Waals surface area contributed by atoms with Crippen LogP contribution in [0, 0.1) is 18.0 Å². The Labute approximate surface area is 216 Å². The second kappa shape index (κ2) is 10.6. The number of fused-ring (bicyclic) bond motifs is 1. The number of aryl methyl sites for hydroxylation is 1. The first-order chi connectivity index (χ1) is 17.0. The molecule has 2 aromatic rings. The lowest BCUT2D eigenvalue weighted by molar-refractivity contribution is -0.720. The van der Waals surface area contributed by atoms with Gasteiger partial charge in [0, 0.05) is 22.3 Å². The van der Waals surface area contributed by atoms with Crippen LogP contribution in [-0.4, -0.2) is 39.6 Å². The molecule has 0 N–H and O–H groups in total. The van der Waals surface area contributed by atoms with E-state index >= 15 is 0 Å². The molecule has 1 aliphatic carbocycles. The number of hydrazine groups is 1. The van der Waals surface area contributed by atoms with Crippen LogP contribution in [0.25, 0.3) is 0 Å². The third-order valence-corrected chi connectivity index (χ3v) is 7.15. The van der Waals surface area contributed by atoms with E-state index in [0.29, 0.717) is 53.7 Å². The van der Waals surface area contributed by atoms with Crippen molar-refractivity contribution in [1.29, 1.82) is 0 Å².